The van der Waals surface area contributed by atoms with E-state index in [1.165, 1.54) is 13.3 Å². The zero-order valence-corrected chi connectivity index (χ0v) is 16.0. The van der Waals surface area contributed by atoms with Crippen molar-refractivity contribution in [2.75, 3.05) is 12.4 Å². The number of rotatable bonds is 3. The first-order valence-electron chi connectivity index (χ1n) is 8.68. The minimum absolute atomic E-state index is 0.202. The highest BCUT2D eigenvalue weighted by Crippen LogP contribution is 2.15. The lowest BCUT2D eigenvalue weighted by Gasteiger charge is -2.03. The number of hydrogen-bond acceptors (Lipinski definition) is 5. The monoisotopic (exact) mass is 386 g/mol. The molecule has 0 spiro atoms. The molecule has 0 saturated heterocycles. The minimum atomic E-state index is -0.431. The van der Waals surface area contributed by atoms with Crippen molar-refractivity contribution in [3.63, 3.8) is 0 Å². The first-order valence-corrected chi connectivity index (χ1v) is 8.68. The second kappa shape index (κ2) is 7.33. The molecule has 0 radical (unpaired) electrons. The summed E-state index contributed by atoms with van der Waals surface area (Å²) in [6.45, 7) is 3.72. The van der Waals surface area contributed by atoms with E-state index in [4.69, 9.17) is 4.74 Å². The Balaban J connectivity index is 1.64. The van der Waals surface area contributed by atoms with E-state index < -0.39 is 5.91 Å². The molecule has 0 bridgehead atoms. The lowest BCUT2D eigenvalue weighted by atomic mass is 10.2. The summed E-state index contributed by atoms with van der Waals surface area (Å²) in [5, 5.41) is 12.3. The van der Waals surface area contributed by atoms with Crippen molar-refractivity contribution in [3.05, 3.63) is 46.1 Å². The van der Waals surface area contributed by atoms with Crippen molar-refractivity contribution >= 4 is 35.8 Å². The number of benzene rings is 1. The van der Waals surface area contributed by atoms with Gasteiger partial charge < -0.3 is 10.1 Å². The second-order valence-electron chi connectivity index (χ2n) is 6.25. The largest absolute Gasteiger partial charge is 0.537 e. The molecule has 1 amide bonds. The molecule has 2 aliphatic rings. The summed E-state index contributed by atoms with van der Waals surface area (Å²) in [6, 6.07) is 10.6. The Labute approximate surface area is 165 Å². The van der Waals surface area contributed by atoms with Crippen molar-refractivity contribution in [2.24, 2.45) is 4.99 Å². The number of nitrogens with one attached hydrogen (secondary N) is 1. The number of ether oxygens (including phenoxy) is 1. The normalized spacial score (nSPS) is 13.1. The van der Waals surface area contributed by atoms with E-state index in [1.807, 2.05) is 25.1 Å². The van der Waals surface area contributed by atoms with E-state index in [0.717, 1.165) is 16.3 Å². The van der Waals surface area contributed by atoms with Gasteiger partial charge in [-0.3, -0.25) is 4.79 Å². The number of aromatic nitrogens is 2. The summed E-state index contributed by atoms with van der Waals surface area (Å²) >= 11 is 0. The second-order valence-corrected chi connectivity index (χ2v) is 6.25. The van der Waals surface area contributed by atoms with Crippen LogP contribution in [-0.2, 0) is 4.79 Å². The molecule has 1 aromatic heterocycles. The average molecular weight is 386 g/mol. The Morgan fingerprint density at radius 2 is 2.07 bits per heavy atom. The van der Waals surface area contributed by atoms with Crippen LogP contribution in [-0.4, -0.2) is 47.3 Å². The summed E-state index contributed by atoms with van der Waals surface area (Å²) in [7, 11) is 1.48. The number of carbonyl (C=O) groups is 1. The van der Waals surface area contributed by atoms with Gasteiger partial charge in [-0.1, -0.05) is 6.07 Å². The van der Waals surface area contributed by atoms with Gasteiger partial charge >= 0.3 is 28.8 Å². The molecule has 2 aromatic rings. The average Bonchev–Trinajstić information content (AvgIpc) is 3.32. The van der Waals surface area contributed by atoms with E-state index in [2.05, 4.69) is 41.8 Å². The molecular weight excluding hydrogens is 370 g/mol. The number of aryl methyl sites for hydroxylation is 1. The maximum atomic E-state index is 12.3. The standard InChI is InChI=1S/C20H15N7O2/c1-12-4-5-17-15(8-12)22-11-27(17)7-6-14-9-18(25-26-20(14)29-3)24-19(28)16-10-21-13(2)23-16/h4-5,8-11H,1-3H3/q+2/p+1. The molecule has 0 fully saturated rings. The van der Waals surface area contributed by atoms with E-state index in [1.54, 1.807) is 23.9 Å². The number of carbonyl (C=O) groups excluding carboxylic acids is 1. The zero-order chi connectivity index (χ0) is 20.4. The van der Waals surface area contributed by atoms with E-state index in [9.17, 15) is 4.79 Å². The summed E-state index contributed by atoms with van der Waals surface area (Å²) in [5.74, 6) is 3.56. The molecule has 3 heterocycles. The number of aliphatic imine (C=N–C) groups is 1. The van der Waals surface area contributed by atoms with Crippen LogP contribution in [0.5, 0.6) is 5.88 Å². The number of anilines is 1. The van der Waals surface area contributed by atoms with Crippen LogP contribution in [0.2, 0.25) is 0 Å². The molecule has 2 aliphatic heterocycles. The van der Waals surface area contributed by atoms with Crippen molar-refractivity contribution in [2.45, 2.75) is 13.8 Å². The predicted molar refractivity (Wildman–Crippen MR) is 109 cm³/mol. The van der Waals surface area contributed by atoms with Gasteiger partial charge in [0.2, 0.25) is 18.1 Å². The van der Waals surface area contributed by atoms with Crippen LogP contribution in [0, 0.1) is 18.9 Å². The minimum Gasteiger partial charge on any atom is -0.479 e. The molecule has 0 aliphatic carbocycles. The summed E-state index contributed by atoms with van der Waals surface area (Å²) in [5.41, 5.74) is 1.80. The highest BCUT2D eigenvalue weighted by atomic mass is 16.5. The van der Waals surface area contributed by atoms with Crippen LogP contribution < -0.4 is 34.7 Å². The van der Waals surface area contributed by atoms with Gasteiger partial charge in [0.05, 0.1) is 19.6 Å². The summed E-state index contributed by atoms with van der Waals surface area (Å²) < 4.78 is 15.3. The topological polar surface area (TPSA) is 108 Å². The number of methoxy groups -OCH3 is 1. The fourth-order valence-corrected chi connectivity index (χ4v) is 2.69. The Bertz CT molecular complexity index is 1380. The fraction of sp³-hybridized carbons (Fsp3) is 0.150. The van der Waals surface area contributed by atoms with Gasteiger partial charge in [0.1, 0.15) is 0 Å². The maximum Gasteiger partial charge on any atom is 0.537 e. The van der Waals surface area contributed by atoms with Crippen LogP contribution in [0.15, 0.2) is 29.3 Å². The van der Waals surface area contributed by atoms with Gasteiger partial charge in [0.15, 0.2) is 5.82 Å². The zero-order valence-electron chi connectivity index (χ0n) is 16.0. The maximum absolute atomic E-state index is 12.3. The Kier molecular flexibility index (Phi) is 4.55. The van der Waals surface area contributed by atoms with Gasteiger partial charge in [-0.2, -0.15) is 0 Å². The Morgan fingerprint density at radius 3 is 2.83 bits per heavy atom. The van der Waals surface area contributed by atoms with E-state index in [-0.39, 0.29) is 17.4 Å². The lowest BCUT2D eigenvalue weighted by Crippen LogP contribution is -2.32. The van der Waals surface area contributed by atoms with Gasteiger partial charge in [-0.15, -0.1) is 10.2 Å². The van der Waals surface area contributed by atoms with Crippen LogP contribution in [0.25, 0.3) is 0 Å². The van der Waals surface area contributed by atoms with Gasteiger partial charge in [0, 0.05) is 24.1 Å². The molecule has 9 nitrogen and oxygen atoms in total. The molecule has 29 heavy (non-hydrogen) atoms. The summed E-state index contributed by atoms with van der Waals surface area (Å²) in [6.07, 6.45) is 3.05. The number of hydrogen-bond donors (Lipinski definition) is 1. The number of fused-ring (bicyclic) bond motifs is 1. The summed E-state index contributed by atoms with van der Waals surface area (Å²) in [4.78, 5) is 16.3. The van der Waals surface area contributed by atoms with E-state index in [0.29, 0.717) is 11.4 Å². The lowest BCUT2D eigenvalue weighted by molar-refractivity contribution is -0.110. The molecule has 0 unspecified atom stereocenters. The molecule has 9 heteroatoms. The number of amides is 1. The van der Waals surface area contributed by atoms with Crippen LogP contribution >= 0.6 is 0 Å². The SMILES string of the molecule is COc1nnc(NC(=O)C2=NC(C)=[N+]=C2)cc1C#C[N+]1=c2ccc(C)cc2=[N+]=C1. The van der Waals surface area contributed by atoms with Crippen molar-refractivity contribution in [1.29, 1.82) is 0 Å². The third-order valence-corrected chi connectivity index (χ3v) is 4.10. The Hall–Kier alpha value is -4.37. The molecule has 140 valence electrons. The smallest absolute Gasteiger partial charge is 0.479 e. The molecule has 1 N–H and O–H groups in total. The quantitative estimate of drug-likeness (QED) is 0.373. The van der Waals surface area contributed by atoms with Crippen molar-refractivity contribution in [1.82, 2.24) is 24.1 Å². The predicted octanol–water partition coefficient (Wildman–Crippen LogP) is -2.03. The van der Waals surface area contributed by atoms with Gasteiger partial charge in [-0.25, -0.2) is 4.67 Å². The molecule has 1 aromatic carbocycles. The number of nitrogens with zero attached hydrogens (tertiary/aromatic N) is 6. The fourth-order valence-electron chi connectivity index (χ4n) is 2.69. The molecule has 0 saturated carbocycles. The van der Waals surface area contributed by atoms with Crippen molar-refractivity contribution in [3.8, 4) is 17.8 Å². The third kappa shape index (κ3) is 3.70. The molecule has 0 atom stereocenters. The van der Waals surface area contributed by atoms with Crippen LogP contribution in [0.3, 0.4) is 0 Å². The third-order valence-electron chi connectivity index (χ3n) is 4.10. The van der Waals surface area contributed by atoms with Crippen LogP contribution in [0.1, 0.15) is 18.1 Å². The molecular formula is C20H16N7O2+3. The number of amidine groups is 1. The Morgan fingerprint density at radius 1 is 1.21 bits per heavy atom. The highest BCUT2D eigenvalue weighted by molar-refractivity contribution is 6.64. The first-order chi connectivity index (χ1) is 14.0. The highest BCUT2D eigenvalue weighted by Gasteiger charge is 2.24. The molecule has 4 rings (SSSR count). The van der Waals surface area contributed by atoms with Gasteiger partial charge in [-0.05, 0) is 26.7 Å². The first kappa shape index (κ1) is 18.0. The van der Waals surface area contributed by atoms with Crippen LogP contribution in [0.4, 0.5) is 5.82 Å². The van der Waals surface area contributed by atoms with Crippen molar-refractivity contribution < 1.29 is 9.53 Å². The van der Waals surface area contributed by atoms with Gasteiger partial charge in [0.25, 0.3) is 5.71 Å². The van der Waals surface area contributed by atoms with E-state index >= 15 is 0 Å².